The quantitative estimate of drug-likeness (QED) is 0.118. The van der Waals surface area contributed by atoms with E-state index in [0.29, 0.717) is 38.0 Å². The van der Waals surface area contributed by atoms with E-state index in [1.54, 1.807) is 0 Å². The van der Waals surface area contributed by atoms with E-state index < -0.39 is 133 Å². The minimum absolute atomic E-state index is 0.000919. The summed E-state index contributed by atoms with van der Waals surface area (Å²) >= 11 is 0. The van der Waals surface area contributed by atoms with E-state index in [-0.39, 0.29) is 17.3 Å². The first-order chi connectivity index (χ1) is 30.8. The molecule has 10 N–H and O–H groups in total. The molecule has 3 saturated heterocycles. The van der Waals surface area contributed by atoms with Crippen LogP contribution >= 0.6 is 0 Å². The van der Waals surface area contributed by atoms with Crippen LogP contribution < -0.4 is 0 Å². The summed E-state index contributed by atoms with van der Waals surface area (Å²) in [7, 11) is 0. The summed E-state index contributed by atoms with van der Waals surface area (Å²) in [4.78, 5) is 38.7. The summed E-state index contributed by atoms with van der Waals surface area (Å²) in [6.07, 6.45) is -18.3. The smallest absolute Gasteiger partial charge is 0.335 e. The Morgan fingerprint density at radius 2 is 1.32 bits per heavy atom. The van der Waals surface area contributed by atoms with Crippen molar-refractivity contribution in [3.63, 3.8) is 0 Å². The van der Waals surface area contributed by atoms with Crippen LogP contribution in [-0.2, 0) is 42.8 Å². The van der Waals surface area contributed by atoms with Crippen molar-refractivity contribution in [3.8, 4) is 0 Å². The summed E-state index contributed by atoms with van der Waals surface area (Å²) in [6, 6.07) is 0. The summed E-state index contributed by atoms with van der Waals surface area (Å²) in [6.45, 7) is 14.5. The first kappa shape index (κ1) is 51.2. The van der Waals surface area contributed by atoms with Crippen LogP contribution in [-0.4, -0.2) is 168 Å². The van der Waals surface area contributed by atoms with Gasteiger partial charge in [-0.2, -0.15) is 0 Å². The van der Waals surface area contributed by atoms with Gasteiger partial charge in [0.05, 0.1) is 18.1 Å². The van der Waals surface area contributed by atoms with Crippen molar-refractivity contribution >= 4 is 17.9 Å². The van der Waals surface area contributed by atoms with E-state index in [1.165, 1.54) is 11.1 Å². The standard InChI is InChI=1S/C47H72O19/c1-20(2)9-8-10-21(3)22-14-18-47(43(59)60)24-11-12-26-44(4,5)27(15-16-45(26,6)23(24)13-17-46(22,47)7)62-41-31(52)29(50)35(37(66-41)39(57)58)64-42-33(54)34(32(53)36(65-42)38(55)56)63-40-30(51)28(49)25(48)19-61-40/h9,21-22,25-37,40-42,48-54H,8,10-19H2,1-7H3,(H,55,56)(H,57,58)(H,59,60)/t21-,22-,25+,26?,27+,28+,29+,30-,31-,32-,33-,34+,35+,36+,37+,40+,41-,42-,45-,46-,47+/m1/s1. The molecule has 0 bridgehead atoms. The molecule has 3 aliphatic heterocycles. The van der Waals surface area contributed by atoms with Gasteiger partial charge in [-0.3, -0.25) is 4.79 Å². The fraction of sp³-hybridized carbons (Fsp3) is 0.851. The Morgan fingerprint density at radius 1 is 0.697 bits per heavy atom. The molecule has 0 amide bonds. The number of fused-ring (bicyclic) bond motifs is 4. The Bertz CT molecular complexity index is 1880. The van der Waals surface area contributed by atoms with Crippen molar-refractivity contribution in [2.24, 2.45) is 39.4 Å². The number of allylic oxidation sites excluding steroid dienone is 3. The first-order valence-corrected chi connectivity index (χ1v) is 23.5. The fourth-order valence-electron chi connectivity index (χ4n) is 13.8. The lowest BCUT2D eigenvalue weighted by Gasteiger charge is -2.62. The molecule has 7 rings (SSSR count). The number of carboxylic acid groups (broad SMARTS) is 3. The average Bonchev–Trinajstić information content (AvgIpc) is 3.57. The van der Waals surface area contributed by atoms with Crippen molar-refractivity contribution in [1.82, 2.24) is 0 Å². The molecule has 0 radical (unpaired) electrons. The van der Waals surface area contributed by atoms with E-state index in [2.05, 4.69) is 40.7 Å². The second-order valence-electron chi connectivity index (χ2n) is 21.5. The number of hydrogen-bond donors (Lipinski definition) is 10. The third-order valence-electron chi connectivity index (χ3n) is 17.3. The lowest BCUT2D eigenvalue weighted by molar-refractivity contribution is -0.372. The lowest BCUT2D eigenvalue weighted by atomic mass is 9.43. The predicted octanol–water partition coefficient (Wildman–Crippen LogP) is 1.84. The van der Waals surface area contributed by atoms with Gasteiger partial charge in [0, 0.05) is 0 Å². The molecule has 3 heterocycles. The van der Waals surface area contributed by atoms with Crippen LogP contribution in [0.2, 0.25) is 0 Å². The number of aliphatic carboxylic acids is 3. The monoisotopic (exact) mass is 940 g/mol. The van der Waals surface area contributed by atoms with E-state index in [1.807, 2.05) is 13.8 Å². The molecular weight excluding hydrogens is 868 g/mol. The van der Waals surface area contributed by atoms with Gasteiger partial charge in [-0.1, -0.05) is 57.4 Å². The van der Waals surface area contributed by atoms with Gasteiger partial charge in [0.25, 0.3) is 0 Å². The van der Waals surface area contributed by atoms with Crippen LogP contribution in [0.25, 0.3) is 0 Å². The zero-order valence-corrected chi connectivity index (χ0v) is 38.9. The molecule has 7 aliphatic rings. The zero-order chi connectivity index (χ0) is 48.6. The highest BCUT2D eigenvalue weighted by Gasteiger charge is 2.69. The minimum Gasteiger partial charge on any atom is -0.481 e. The number of rotatable bonds is 13. The van der Waals surface area contributed by atoms with Crippen LogP contribution in [0.1, 0.15) is 113 Å². The van der Waals surface area contributed by atoms with E-state index >= 15 is 0 Å². The highest BCUT2D eigenvalue weighted by atomic mass is 16.8. The number of carboxylic acids is 3. The number of aliphatic hydroxyl groups excluding tert-OH is 7. The lowest BCUT2D eigenvalue weighted by Crippen LogP contribution is -2.67. The largest absolute Gasteiger partial charge is 0.481 e. The predicted molar refractivity (Wildman–Crippen MR) is 228 cm³/mol. The topological polar surface area (TPSA) is 309 Å². The highest BCUT2D eigenvalue weighted by Crippen LogP contribution is 2.73. The second-order valence-corrected chi connectivity index (χ2v) is 21.5. The third-order valence-corrected chi connectivity index (χ3v) is 17.3. The summed E-state index contributed by atoms with van der Waals surface area (Å²) in [5.41, 5.74) is 1.27. The molecular formula is C47H72O19. The number of carbonyl (C=O) groups is 3. The minimum atomic E-state index is -2.18. The van der Waals surface area contributed by atoms with Crippen molar-refractivity contribution in [2.45, 2.75) is 205 Å². The zero-order valence-electron chi connectivity index (χ0n) is 38.9. The maximum absolute atomic E-state index is 13.8. The van der Waals surface area contributed by atoms with Gasteiger partial charge in [-0.25, -0.2) is 9.59 Å². The molecule has 19 nitrogen and oxygen atoms in total. The summed E-state index contributed by atoms with van der Waals surface area (Å²) < 4.78 is 34.0. The molecule has 0 aromatic heterocycles. The number of ether oxygens (including phenoxy) is 6. The Hall–Kier alpha value is -2.63. The normalized spacial score (nSPS) is 47.2. The second kappa shape index (κ2) is 18.9. The first-order valence-electron chi connectivity index (χ1n) is 23.5. The van der Waals surface area contributed by atoms with Crippen molar-refractivity contribution < 1.29 is 93.9 Å². The molecule has 374 valence electrons. The van der Waals surface area contributed by atoms with Gasteiger partial charge in [-0.05, 0) is 112 Å². The van der Waals surface area contributed by atoms with Crippen molar-refractivity contribution in [2.75, 3.05) is 6.61 Å². The van der Waals surface area contributed by atoms with Gasteiger partial charge in [0.15, 0.2) is 31.1 Å². The van der Waals surface area contributed by atoms with Gasteiger partial charge < -0.3 is 79.5 Å². The molecule has 2 saturated carbocycles. The molecule has 66 heavy (non-hydrogen) atoms. The van der Waals surface area contributed by atoms with E-state index in [4.69, 9.17) is 28.4 Å². The molecule has 19 heteroatoms. The molecule has 0 aromatic rings. The van der Waals surface area contributed by atoms with Gasteiger partial charge >= 0.3 is 17.9 Å². The highest BCUT2D eigenvalue weighted by molar-refractivity contribution is 5.82. The van der Waals surface area contributed by atoms with E-state index in [9.17, 15) is 65.4 Å². The SMILES string of the molecule is CC(C)=CCC[C@@H](C)[C@H]1CC[C@@]2(C(=O)O)C3=C(CC[C@]12C)[C@@]1(C)CC[C@H](O[C@@H]2O[C@H](C(=O)O)[C@@H](O[C@@H]4O[C@H](C(=O)O)[C@H](O)[C@H](O[C@@H]5OC[C@H](O)[C@H](O)[C@H]5O)[C@H]4O)[C@@H](O)[C@H]2O)C(C)(C)C1CC3. The van der Waals surface area contributed by atoms with Gasteiger partial charge in [-0.15, -0.1) is 0 Å². The fourth-order valence-corrected chi connectivity index (χ4v) is 13.8. The van der Waals surface area contributed by atoms with Crippen LogP contribution in [0.5, 0.6) is 0 Å². The molecule has 0 spiro atoms. The maximum atomic E-state index is 13.8. The van der Waals surface area contributed by atoms with Gasteiger partial charge in [0.1, 0.15) is 54.9 Å². The molecule has 1 unspecified atom stereocenters. The number of aliphatic hydroxyl groups is 7. The van der Waals surface area contributed by atoms with E-state index in [0.717, 1.165) is 37.7 Å². The Balaban J connectivity index is 1.07. The van der Waals surface area contributed by atoms with Crippen LogP contribution in [0.3, 0.4) is 0 Å². The van der Waals surface area contributed by atoms with Crippen molar-refractivity contribution in [1.29, 1.82) is 0 Å². The van der Waals surface area contributed by atoms with Crippen LogP contribution in [0.4, 0.5) is 0 Å². The molecule has 0 aromatic carbocycles. The Morgan fingerprint density at radius 3 is 1.95 bits per heavy atom. The average molecular weight is 941 g/mol. The Labute approximate surface area is 384 Å². The Kier molecular flexibility index (Phi) is 14.7. The van der Waals surface area contributed by atoms with Crippen molar-refractivity contribution in [3.05, 3.63) is 22.8 Å². The molecule has 4 aliphatic carbocycles. The number of hydrogen-bond acceptors (Lipinski definition) is 16. The molecule has 5 fully saturated rings. The van der Waals surface area contributed by atoms with Crippen LogP contribution in [0, 0.1) is 39.4 Å². The van der Waals surface area contributed by atoms with Gasteiger partial charge in [0.2, 0.25) is 0 Å². The third kappa shape index (κ3) is 8.48. The molecule has 21 atom stereocenters. The summed E-state index contributed by atoms with van der Waals surface area (Å²) in [5.74, 6) is -3.52. The summed E-state index contributed by atoms with van der Waals surface area (Å²) in [5, 5.41) is 107. The maximum Gasteiger partial charge on any atom is 0.335 e. The van der Waals surface area contributed by atoms with Crippen LogP contribution in [0.15, 0.2) is 22.8 Å².